The van der Waals surface area contributed by atoms with Gasteiger partial charge in [-0.1, -0.05) is 18.2 Å². The molecule has 38 heavy (non-hydrogen) atoms. The van der Waals surface area contributed by atoms with Crippen molar-refractivity contribution in [2.24, 2.45) is 0 Å². The van der Waals surface area contributed by atoms with Crippen LogP contribution in [0, 0.1) is 5.82 Å². The smallest absolute Gasteiger partial charge is 0.183 e. The zero-order chi connectivity index (χ0) is 26.5. The van der Waals surface area contributed by atoms with Crippen LogP contribution in [0.5, 0.6) is 0 Å². The quantitative estimate of drug-likeness (QED) is 0.251. The van der Waals surface area contributed by atoms with E-state index in [-0.39, 0.29) is 30.5 Å². The molecule has 0 atom stereocenters. The molecule has 0 bridgehead atoms. The fourth-order valence-corrected chi connectivity index (χ4v) is 4.69. The van der Waals surface area contributed by atoms with Crippen LogP contribution in [-0.4, -0.2) is 40.9 Å². The van der Waals surface area contributed by atoms with Crippen LogP contribution < -0.4 is 10.2 Å². The molecule has 2 heterocycles. The van der Waals surface area contributed by atoms with Gasteiger partial charge in [0.1, 0.15) is 5.82 Å². The SMILES string of the molecule is O=C(Cc1ccc(Nc2ccc(CC(=O)c3ccc[nH]3)cc2)c(F)c1)c1ccc(N2CCC(O)CC2)cc1. The predicted octanol–water partition coefficient (Wildman–Crippen LogP) is 5.71. The minimum Gasteiger partial charge on any atom is -0.393 e. The average Bonchev–Trinajstić information content (AvgIpc) is 3.47. The Bertz CT molecular complexity index is 1390. The highest BCUT2D eigenvalue weighted by Crippen LogP contribution is 2.24. The molecule has 3 aromatic carbocycles. The standard InChI is InChI=1S/C31H30FN3O3/c32-27-18-22(20-30(37)23-6-10-25(11-7-23)35-16-13-26(36)14-17-35)5-12-28(27)34-24-8-3-21(4-9-24)19-31(38)29-2-1-15-33-29/h1-12,15,18,26,33-34,36H,13-14,16-17,19-20H2. The summed E-state index contributed by atoms with van der Waals surface area (Å²) in [5.74, 6) is -0.510. The highest BCUT2D eigenvalue weighted by atomic mass is 19.1. The molecule has 0 amide bonds. The van der Waals surface area contributed by atoms with E-state index < -0.39 is 5.82 Å². The number of carbonyl (C=O) groups excluding carboxylic acids is 2. The highest BCUT2D eigenvalue weighted by Gasteiger charge is 2.18. The van der Waals surface area contributed by atoms with Crippen molar-refractivity contribution in [2.45, 2.75) is 31.8 Å². The number of nitrogens with one attached hydrogen (secondary N) is 2. The van der Waals surface area contributed by atoms with E-state index in [0.29, 0.717) is 28.2 Å². The fourth-order valence-electron chi connectivity index (χ4n) is 4.69. The van der Waals surface area contributed by atoms with E-state index in [1.807, 2.05) is 48.5 Å². The number of hydrogen-bond donors (Lipinski definition) is 3. The molecule has 6 nitrogen and oxygen atoms in total. The predicted molar refractivity (Wildman–Crippen MR) is 147 cm³/mol. The van der Waals surface area contributed by atoms with E-state index in [0.717, 1.165) is 37.2 Å². The maximum Gasteiger partial charge on any atom is 0.183 e. The van der Waals surface area contributed by atoms with E-state index in [9.17, 15) is 19.1 Å². The van der Waals surface area contributed by atoms with Crippen molar-refractivity contribution >= 4 is 28.6 Å². The maximum atomic E-state index is 14.8. The van der Waals surface area contributed by atoms with E-state index in [1.165, 1.54) is 6.07 Å². The average molecular weight is 512 g/mol. The van der Waals surface area contributed by atoms with Gasteiger partial charge in [0.05, 0.1) is 17.5 Å². The molecule has 1 aliphatic heterocycles. The van der Waals surface area contributed by atoms with Crippen molar-refractivity contribution in [1.82, 2.24) is 4.98 Å². The molecule has 0 saturated carbocycles. The number of H-pyrrole nitrogens is 1. The first kappa shape index (κ1) is 25.4. The van der Waals surface area contributed by atoms with Crippen LogP contribution in [0.25, 0.3) is 0 Å². The summed E-state index contributed by atoms with van der Waals surface area (Å²) < 4.78 is 14.8. The fraction of sp³-hybridized carbons (Fsp3) is 0.226. The Hall–Kier alpha value is -4.23. The van der Waals surface area contributed by atoms with Gasteiger partial charge in [0.2, 0.25) is 0 Å². The van der Waals surface area contributed by atoms with Gasteiger partial charge < -0.3 is 20.3 Å². The van der Waals surface area contributed by atoms with Crippen molar-refractivity contribution in [3.63, 3.8) is 0 Å². The molecular formula is C31H30FN3O3. The summed E-state index contributed by atoms with van der Waals surface area (Å²) in [5.41, 5.74) is 4.68. The number of benzene rings is 3. The topological polar surface area (TPSA) is 85.4 Å². The van der Waals surface area contributed by atoms with E-state index in [2.05, 4.69) is 15.2 Å². The van der Waals surface area contributed by atoms with Crippen molar-refractivity contribution in [1.29, 1.82) is 0 Å². The summed E-state index contributed by atoms with van der Waals surface area (Å²) in [6, 6.07) is 23.1. The minimum absolute atomic E-state index is 0.00516. The first-order valence-corrected chi connectivity index (χ1v) is 12.8. The van der Waals surface area contributed by atoms with E-state index in [1.54, 1.807) is 30.5 Å². The molecule has 0 unspecified atom stereocenters. The molecule has 4 aromatic rings. The van der Waals surface area contributed by atoms with Gasteiger partial charge in [0, 0.05) is 49.1 Å². The lowest BCUT2D eigenvalue weighted by atomic mass is 10.0. The Labute approximate surface area is 221 Å². The van der Waals surface area contributed by atoms with Gasteiger partial charge in [-0.15, -0.1) is 0 Å². The lowest BCUT2D eigenvalue weighted by molar-refractivity contribution is 0.0982. The summed E-state index contributed by atoms with van der Waals surface area (Å²) in [6.07, 6.45) is 3.37. The van der Waals surface area contributed by atoms with E-state index in [4.69, 9.17) is 0 Å². The summed E-state index contributed by atoms with van der Waals surface area (Å²) >= 11 is 0. The monoisotopic (exact) mass is 511 g/mol. The van der Waals surface area contributed by atoms with Gasteiger partial charge in [0.25, 0.3) is 0 Å². The van der Waals surface area contributed by atoms with Gasteiger partial charge in [-0.25, -0.2) is 4.39 Å². The maximum absolute atomic E-state index is 14.8. The number of Topliss-reactive ketones (excluding diaryl/α,β-unsaturated/α-hetero) is 2. The first-order chi connectivity index (χ1) is 18.4. The lowest BCUT2D eigenvalue weighted by Crippen LogP contribution is -2.35. The van der Waals surface area contributed by atoms with Crippen LogP contribution in [0.1, 0.15) is 44.8 Å². The third kappa shape index (κ3) is 6.18. The normalized spacial score (nSPS) is 13.9. The number of hydrogen-bond acceptors (Lipinski definition) is 5. The molecule has 1 aromatic heterocycles. The molecule has 194 valence electrons. The molecule has 1 aliphatic rings. The van der Waals surface area contributed by atoms with Crippen LogP contribution in [0.2, 0.25) is 0 Å². The Kier molecular flexibility index (Phi) is 7.65. The van der Waals surface area contributed by atoms with Gasteiger partial charge in [-0.05, 0) is 84.6 Å². The van der Waals surface area contributed by atoms with Crippen LogP contribution >= 0.6 is 0 Å². The third-order valence-electron chi connectivity index (χ3n) is 6.91. The molecular weight excluding hydrogens is 481 g/mol. The number of ketones is 2. The van der Waals surface area contributed by atoms with Gasteiger partial charge in [0.15, 0.2) is 11.6 Å². The number of aromatic nitrogens is 1. The van der Waals surface area contributed by atoms with Crippen molar-refractivity contribution < 1.29 is 19.1 Å². The number of rotatable bonds is 9. The number of aliphatic hydroxyl groups excluding tert-OH is 1. The molecule has 1 fully saturated rings. The molecule has 7 heteroatoms. The Morgan fingerprint density at radius 3 is 2.24 bits per heavy atom. The third-order valence-corrected chi connectivity index (χ3v) is 6.91. The van der Waals surface area contributed by atoms with Crippen LogP contribution in [0.3, 0.4) is 0 Å². The summed E-state index contributed by atoms with van der Waals surface area (Å²) in [4.78, 5) is 30.2. The zero-order valence-corrected chi connectivity index (χ0v) is 21.0. The molecule has 5 rings (SSSR count). The van der Waals surface area contributed by atoms with Crippen molar-refractivity contribution in [2.75, 3.05) is 23.3 Å². The number of anilines is 3. The summed E-state index contributed by atoms with van der Waals surface area (Å²) in [6.45, 7) is 1.60. The van der Waals surface area contributed by atoms with Crippen molar-refractivity contribution in [3.05, 3.63) is 113 Å². The van der Waals surface area contributed by atoms with E-state index >= 15 is 0 Å². The highest BCUT2D eigenvalue weighted by molar-refractivity contribution is 5.98. The number of halogens is 1. The molecule has 1 saturated heterocycles. The largest absolute Gasteiger partial charge is 0.393 e. The van der Waals surface area contributed by atoms with Gasteiger partial charge >= 0.3 is 0 Å². The first-order valence-electron chi connectivity index (χ1n) is 12.8. The Balaban J connectivity index is 1.17. The Morgan fingerprint density at radius 2 is 1.58 bits per heavy atom. The minimum atomic E-state index is -0.441. The second-order valence-corrected chi connectivity index (χ2v) is 9.68. The number of carbonyl (C=O) groups is 2. The molecule has 0 spiro atoms. The summed E-state index contributed by atoms with van der Waals surface area (Å²) in [5, 5.41) is 12.8. The van der Waals surface area contributed by atoms with Gasteiger partial charge in [-0.3, -0.25) is 9.59 Å². The molecule has 3 N–H and O–H groups in total. The Morgan fingerprint density at radius 1 is 0.895 bits per heavy atom. The molecule has 0 radical (unpaired) electrons. The number of piperidine rings is 1. The number of aromatic amines is 1. The zero-order valence-electron chi connectivity index (χ0n) is 21.0. The second-order valence-electron chi connectivity index (χ2n) is 9.68. The van der Waals surface area contributed by atoms with Crippen LogP contribution in [-0.2, 0) is 12.8 Å². The number of nitrogens with zero attached hydrogens (tertiary/aromatic N) is 1. The van der Waals surface area contributed by atoms with Crippen molar-refractivity contribution in [3.8, 4) is 0 Å². The lowest BCUT2D eigenvalue weighted by Gasteiger charge is -2.31. The van der Waals surface area contributed by atoms with Gasteiger partial charge in [-0.2, -0.15) is 0 Å². The molecule has 0 aliphatic carbocycles. The summed E-state index contributed by atoms with van der Waals surface area (Å²) in [7, 11) is 0. The van der Waals surface area contributed by atoms with Crippen LogP contribution in [0.15, 0.2) is 85.1 Å². The van der Waals surface area contributed by atoms with Crippen LogP contribution in [0.4, 0.5) is 21.5 Å². The second kappa shape index (κ2) is 11.4. The number of aliphatic hydroxyl groups is 1.